The first kappa shape index (κ1) is 12.3. The van der Waals surface area contributed by atoms with E-state index < -0.39 is 18.6 Å². The summed E-state index contributed by atoms with van der Waals surface area (Å²) in [7, 11) is 0. The Balaban J connectivity index is 2.75. The number of benzene rings is 1. The molecule has 0 heterocycles. The van der Waals surface area contributed by atoms with Crippen molar-refractivity contribution in [3.8, 4) is 5.75 Å². The minimum Gasteiger partial charge on any atom is -0.481 e. The molecule has 0 saturated heterocycles. The minimum atomic E-state index is -4.46. The fourth-order valence-electron chi connectivity index (χ4n) is 0.901. The highest BCUT2D eigenvalue weighted by atomic mass is 79.9. The Morgan fingerprint density at radius 3 is 2.47 bits per heavy atom. The van der Waals surface area contributed by atoms with E-state index in [1.807, 2.05) is 0 Å². The molecule has 6 heteroatoms. The van der Waals surface area contributed by atoms with Crippen molar-refractivity contribution in [3.05, 3.63) is 29.6 Å². The lowest BCUT2D eigenvalue weighted by atomic mass is 10.2. The Labute approximate surface area is 92.2 Å². The molecule has 0 unspecified atom stereocenters. The zero-order valence-corrected chi connectivity index (χ0v) is 9.03. The van der Waals surface area contributed by atoms with Gasteiger partial charge < -0.3 is 4.74 Å². The minimum absolute atomic E-state index is 0.385. The molecule has 0 saturated carbocycles. The molecule has 0 bridgehead atoms. The summed E-state index contributed by atoms with van der Waals surface area (Å²) in [6.07, 6.45) is -4.46. The zero-order valence-electron chi connectivity index (χ0n) is 7.44. The lowest BCUT2D eigenvalue weighted by molar-refractivity contribution is -0.153. The van der Waals surface area contributed by atoms with Crippen LogP contribution in [-0.4, -0.2) is 12.8 Å². The van der Waals surface area contributed by atoms with Crippen LogP contribution in [0.4, 0.5) is 17.6 Å². The van der Waals surface area contributed by atoms with Gasteiger partial charge in [-0.3, -0.25) is 0 Å². The number of hydrogen-bond acceptors (Lipinski definition) is 1. The van der Waals surface area contributed by atoms with Crippen LogP contribution in [0.25, 0.3) is 0 Å². The molecule has 0 radical (unpaired) electrons. The Kier molecular flexibility index (Phi) is 3.96. The van der Waals surface area contributed by atoms with Gasteiger partial charge in [-0.15, -0.1) is 0 Å². The van der Waals surface area contributed by atoms with Gasteiger partial charge >= 0.3 is 6.18 Å². The van der Waals surface area contributed by atoms with Crippen LogP contribution in [-0.2, 0) is 5.33 Å². The smallest absolute Gasteiger partial charge is 0.422 e. The van der Waals surface area contributed by atoms with E-state index in [-0.39, 0.29) is 5.75 Å². The van der Waals surface area contributed by atoms with Gasteiger partial charge in [0, 0.05) is 5.33 Å². The van der Waals surface area contributed by atoms with Gasteiger partial charge in [0.05, 0.1) is 0 Å². The maximum atomic E-state index is 13.0. The van der Waals surface area contributed by atoms with Gasteiger partial charge in [0.25, 0.3) is 0 Å². The number of hydrogen-bond donors (Lipinski definition) is 0. The summed E-state index contributed by atoms with van der Waals surface area (Å²) in [5.41, 5.74) is 0.647. The van der Waals surface area contributed by atoms with E-state index in [9.17, 15) is 17.6 Å². The van der Waals surface area contributed by atoms with Gasteiger partial charge in [-0.1, -0.05) is 22.0 Å². The highest BCUT2D eigenvalue weighted by Crippen LogP contribution is 2.23. The maximum absolute atomic E-state index is 13.0. The second-order valence-electron chi connectivity index (χ2n) is 2.80. The summed E-state index contributed by atoms with van der Waals surface area (Å²) in [6.45, 7) is -1.49. The van der Waals surface area contributed by atoms with Crippen molar-refractivity contribution in [2.45, 2.75) is 11.5 Å². The lowest BCUT2D eigenvalue weighted by Gasteiger charge is -2.10. The summed E-state index contributed by atoms with van der Waals surface area (Å²) < 4.78 is 52.7. The molecule has 0 aromatic heterocycles. The zero-order chi connectivity index (χ0) is 11.5. The predicted molar refractivity (Wildman–Crippen MR) is 50.6 cm³/mol. The first-order chi connectivity index (χ1) is 6.92. The van der Waals surface area contributed by atoms with Gasteiger partial charge in [-0.2, -0.15) is 13.2 Å². The van der Waals surface area contributed by atoms with Crippen LogP contribution in [0.5, 0.6) is 5.75 Å². The standard InChI is InChI=1S/C9H7BrF4O/c10-4-6-1-2-7(11)8(3-6)15-5-9(12,13)14/h1-3H,4-5H2. The number of halogens is 5. The molecule has 0 aliphatic carbocycles. The first-order valence-electron chi connectivity index (χ1n) is 3.96. The second kappa shape index (κ2) is 4.83. The SMILES string of the molecule is Fc1ccc(CBr)cc1OCC(F)(F)F. The third kappa shape index (κ3) is 4.07. The highest BCUT2D eigenvalue weighted by Gasteiger charge is 2.28. The van der Waals surface area contributed by atoms with Gasteiger partial charge in [0.15, 0.2) is 18.2 Å². The molecule has 0 amide bonds. The van der Waals surface area contributed by atoms with Crippen LogP contribution >= 0.6 is 15.9 Å². The molecule has 0 N–H and O–H groups in total. The quantitative estimate of drug-likeness (QED) is 0.609. The summed E-state index contributed by atoms with van der Waals surface area (Å²) in [4.78, 5) is 0. The van der Waals surface area contributed by atoms with E-state index in [1.54, 1.807) is 0 Å². The van der Waals surface area contributed by atoms with E-state index in [0.29, 0.717) is 10.9 Å². The molecule has 1 rings (SSSR count). The van der Waals surface area contributed by atoms with E-state index >= 15 is 0 Å². The molecule has 15 heavy (non-hydrogen) atoms. The average Bonchev–Trinajstić information content (AvgIpc) is 2.15. The number of rotatable bonds is 3. The number of ether oxygens (including phenoxy) is 1. The molecule has 1 aromatic rings. The normalized spacial score (nSPS) is 11.5. The van der Waals surface area contributed by atoms with Crippen LogP contribution in [0, 0.1) is 5.82 Å². The molecule has 1 nitrogen and oxygen atoms in total. The molecular weight excluding hydrogens is 280 g/mol. The maximum Gasteiger partial charge on any atom is 0.422 e. The van der Waals surface area contributed by atoms with Crippen LogP contribution in [0.15, 0.2) is 18.2 Å². The van der Waals surface area contributed by atoms with Gasteiger partial charge in [0.2, 0.25) is 0 Å². The summed E-state index contributed by atoms with van der Waals surface area (Å²) in [5, 5.41) is 0.426. The Hall–Kier alpha value is -0.780. The van der Waals surface area contributed by atoms with Gasteiger partial charge in [-0.25, -0.2) is 4.39 Å². The third-order valence-electron chi connectivity index (χ3n) is 1.54. The monoisotopic (exact) mass is 286 g/mol. The highest BCUT2D eigenvalue weighted by molar-refractivity contribution is 9.08. The van der Waals surface area contributed by atoms with Crippen LogP contribution in [0.1, 0.15) is 5.56 Å². The van der Waals surface area contributed by atoms with Crippen LogP contribution < -0.4 is 4.74 Å². The molecule has 0 spiro atoms. The largest absolute Gasteiger partial charge is 0.481 e. The van der Waals surface area contributed by atoms with Crippen molar-refractivity contribution >= 4 is 15.9 Å². The summed E-state index contributed by atoms with van der Waals surface area (Å²) >= 11 is 3.11. The lowest BCUT2D eigenvalue weighted by Crippen LogP contribution is -2.19. The fourth-order valence-corrected chi connectivity index (χ4v) is 1.25. The Morgan fingerprint density at radius 1 is 1.27 bits per heavy atom. The Bertz CT molecular complexity index is 337. The van der Waals surface area contributed by atoms with Crippen molar-refractivity contribution in [2.75, 3.05) is 6.61 Å². The van der Waals surface area contributed by atoms with Crippen LogP contribution in [0.2, 0.25) is 0 Å². The molecule has 0 aliphatic heterocycles. The molecular formula is C9H7BrF4O. The second-order valence-corrected chi connectivity index (χ2v) is 3.36. The van der Waals surface area contributed by atoms with E-state index in [1.165, 1.54) is 12.1 Å². The van der Waals surface area contributed by atoms with Crippen molar-refractivity contribution in [3.63, 3.8) is 0 Å². The average molecular weight is 287 g/mol. The van der Waals surface area contributed by atoms with Crippen LogP contribution in [0.3, 0.4) is 0 Å². The van der Waals surface area contributed by atoms with E-state index in [2.05, 4.69) is 20.7 Å². The molecule has 84 valence electrons. The van der Waals surface area contributed by atoms with E-state index in [4.69, 9.17) is 0 Å². The summed E-state index contributed by atoms with van der Waals surface area (Å²) in [6, 6.07) is 3.77. The van der Waals surface area contributed by atoms with E-state index in [0.717, 1.165) is 6.07 Å². The van der Waals surface area contributed by atoms with Crippen molar-refractivity contribution < 1.29 is 22.3 Å². The van der Waals surface area contributed by atoms with Crippen molar-refractivity contribution in [1.82, 2.24) is 0 Å². The first-order valence-corrected chi connectivity index (χ1v) is 5.08. The molecule has 0 aliphatic rings. The summed E-state index contributed by atoms with van der Waals surface area (Å²) in [5.74, 6) is -1.19. The molecule has 1 aromatic carbocycles. The predicted octanol–water partition coefficient (Wildman–Crippen LogP) is 3.66. The number of alkyl halides is 4. The van der Waals surface area contributed by atoms with Gasteiger partial charge in [0.1, 0.15) is 0 Å². The molecule has 0 atom stereocenters. The third-order valence-corrected chi connectivity index (χ3v) is 2.19. The van der Waals surface area contributed by atoms with Crippen molar-refractivity contribution in [1.29, 1.82) is 0 Å². The topological polar surface area (TPSA) is 9.23 Å². The molecule has 0 fully saturated rings. The Morgan fingerprint density at radius 2 is 1.93 bits per heavy atom. The van der Waals surface area contributed by atoms with Gasteiger partial charge in [-0.05, 0) is 17.7 Å². The van der Waals surface area contributed by atoms with Crippen molar-refractivity contribution in [2.24, 2.45) is 0 Å². The fraction of sp³-hybridized carbons (Fsp3) is 0.333.